The quantitative estimate of drug-likeness (QED) is 0.813. The van der Waals surface area contributed by atoms with Gasteiger partial charge in [-0.2, -0.15) is 0 Å². The molecular formula is C14H14ClN3O2. The Bertz CT molecular complexity index is 621. The molecule has 1 unspecified atom stereocenters. The standard InChI is InChI=1S/C14H14ClN3O2/c15-11-4-1-3-10(7-11)8-18-14(12(9-19)16-17-18)13-5-2-6-20-13/h1,3-4,7,9,13H,2,5-6,8H2. The molecule has 0 saturated carbocycles. The molecule has 5 nitrogen and oxygen atoms in total. The lowest BCUT2D eigenvalue weighted by Gasteiger charge is -2.12. The third-order valence-electron chi connectivity index (χ3n) is 3.37. The van der Waals surface area contributed by atoms with E-state index in [4.69, 9.17) is 16.3 Å². The molecule has 2 aromatic rings. The van der Waals surface area contributed by atoms with E-state index in [0.717, 1.165) is 30.4 Å². The van der Waals surface area contributed by atoms with E-state index in [9.17, 15) is 4.79 Å². The fraction of sp³-hybridized carbons (Fsp3) is 0.357. The van der Waals surface area contributed by atoms with Crippen molar-refractivity contribution < 1.29 is 9.53 Å². The molecule has 0 N–H and O–H groups in total. The third-order valence-corrected chi connectivity index (χ3v) is 3.60. The number of aldehydes is 1. The summed E-state index contributed by atoms with van der Waals surface area (Å²) in [5.74, 6) is 0. The second-order valence-electron chi connectivity index (χ2n) is 4.77. The fourth-order valence-electron chi connectivity index (χ4n) is 2.47. The Morgan fingerprint density at radius 2 is 2.40 bits per heavy atom. The monoisotopic (exact) mass is 291 g/mol. The van der Waals surface area contributed by atoms with Gasteiger partial charge in [0.2, 0.25) is 0 Å². The molecule has 1 aliphatic heterocycles. The van der Waals surface area contributed by atoms with Crippen LogP contribution in [0.1, 0.15) is 40.7 Å². The van der Waals surface area contributed by atoms with Crippen LogP contribution in [-0.2, 0) is 11.3 Å². The van der Waals surface area contributed by atoms with E-state index in [1.54, 1.807) is 4.68 Å². The average molecular weight is 292 g/mol. The summed E-state index contributed by atoms with van der Waals surface area (Å²) in [7, 11) is 0. The zero-order valence-electron chi connectivity index (χ0n) is 10.8. The van der Waals surface area contributed by atoms with Gasteiger partial charge < -0.3 is 4.74 Å². The Morgan fingerprint density at radius 1 is 1.50 bits per heavy atom. The van der Waals surface area contributed by atoms with Gasteiger partial charge in [0, 0.05) is 11.6 Å². The summed E-state index contributed by atoms with van der Waals surface area (Å²) in [6.07, 6.45) is 2.53. The van der Waals surface area contributed by atoms with Crippen LogP contribution in [0.4, 0.5) is 0 Å². The van der Waals surface area contributed by atoms with Crippen LogP contribution in [0.25, 0.3) is 0 Å². The van der Waals surface area contributed by atoms with E-state index in [2.05, 4.69) is 10.3 Å². The van der Waals surface area contributed by atoms with Crippen LogP contribution >= 0.6 is 11.6 Å². The highest BCUT2D eigenvalue weighted by Gasteiger charge is 2.26. The van der Waals surface area contributed by atoms with Crippen molar-refractivity contribution in [3.63, 3.8) is 0 Å². The maximum atomic E-state index is 11.1. The lowest BCUT2D eigenvalue weighted by molar-refractivity contribution is 0.101. The van der Waals surface area contributed by atoms with Gasteiger partial charge in [0.1, 0.15) is 6.10 Å². The van der Waals surface area contributed by atoms with Gasteiger partial charge in [-0.05, 0) is 30.5 Å². The molecule has 1 saturated heterocycles. The van der Waals surface area contributed by atoms with E-state index in [0.29, 0.717) is 23.9 Å². The minimum absolute atomic E-state index is 0.0932. The number of rotatable bonds is 4. The normalized spacial score (nSPS) is 18.4. The smallest absolute Gasteiger partial charge is 0.172 e. The molecule has 0 bridgehead atoms. The number of carbonyl (C=O) groups is 1. The Labute approximate surface area is 121 Å². The van der Waals surface area contributed by atoms with Crippen molar-refractivity contribution >= 4 is 17.9 Å². The van der Waals surface area contributed by atoms with Gasteiger partial charge in [-0.1, -0.05) is 28.9 Å². The van der Waals surface area contributed by atoms with Gasteiger partial charge in [0.25, 0.3) is 0 Å². The van der Waals surface area contributed by atoms with Gasteiger partial charge in [0.15, 0.2) is 12.0 Å². The maximum Gasteiger partial charge on any atom is 0.172 e. The Hall–Kier alpha value is -1.72. The summed E-state index contributed by atoms with van der Waals surface area (Å²) >= 11 is 5.98. The molecule has 1 aliphatic rings. The number of hydrogen-bond acceptors (Lipinski definition) is 4. The minimum atomic E-state index is -0.0932. The second-order valence-corrected chi connectivity index (χ2v) is 5.20. The SMILES string of the molecule is O=Cc1nnn(Cc2cccc(Cl)c2)c1C1CCCO1. The molecule has 0 spiro atoms. The molecule has 20 heavy (non-hydrogen) atoms. The van der Waals surface area contributed by atoms with Crippen LogP contribution in [0.5, 0.6) is 0 Å². The molecule has 104 valence electrons. The molecule has 2 heterocycles. The number of ether oxygens (including phenoxy) is 1. The summed E-state index contributed by atoms with van der Waals surface area (Å²) < 4.78 is 7.38. The largest absolute Gasteiger partial charge is 0.372 e. The highest BCUT2D eigenvalue weighted by Crippen LogP contribution is 2.30. The van der Waals surface area contributed by atoms with Gasteiger partial charge in [-0.3, -0.25) is 4.79 Å². The average Bonchev–Trinajstić information content (AvgIpc) is 3.07. The maximum absolute atomic E-state index is 11.1. The highest BCUT2D eigenvalue weighted by molar-refractivity contribution is 6.30. The van der Waals surface area contributed by atoms with Crippen LogP contribution in [0.2, 0.25) is 5.02 Å². The topological polar surface area (TPSA) is 57.0 Å². The first kappa shape index (κ1) is 13.3. The zero-order chi connectivity index (χ0) is 13.9. The van der Waals surface area contributed by atoms with Crippen molar-refractivity contribution in [1.82, 2.24) is 15.0 Å². The van der Waals surface area contributed by atoms with Crippen LogP contribution < -0.4 is 0 Å². The van der Waals surface area contributed by atoms with Crippen LogP contribution in [0, 0.1) is 0 Å². The molecule has 0 radical (unpaired) electrons. The first-order valence-electron chi connectivity index (χ1n) is 6.52. The minimum Gasteiger partial charge on any atom is -0.372 e. The zero-order valence-corrected chi connectivity index (χ0v) is 11.6. The number of benzene rings is 1. The molecule has 6 heteroatoms. The Kier molecular flexibility index (Phi) is 3.80. The second kappa shape index (κ2) is 5.73. The lowest BCUT2D eigenvalue weighted by Crippen LogP contribution is -2.11. The summed E-state index contributed by atoms with van der Waals surface area (Å²) in [6, 6.07) is 7.56. The van der Waals surface area contributed by atoms with Crippen molar-refractivity contribution in [2.45, 2.75) is 25.5 Å². The molecule has 1 aromatic heterocycles. The Morgan fingerprint density at radius 3 is 3.10 bits per heavy atom. The van der Waals surface area contributed by atoms with E-state index >= 15 is 0 Å². The van der Waals surface area contributed by atoms with Crippen LogP contribution in [0.15, 0.2) is 24.3 Å². The van der Waals surface area contributed by atoms with Crippen molar-refractivity contribution in [2.75, 3.05) is 6.61 Å². The van der Waals surface area contributed by atoms with Crippen molar-refractivity contribution in [3.8, 4) is 0 Å². The van der Waals surface area contributed by atoms with E-state index in [1.807, 2.05) is 24.3 Å². The van der Waals surface area contributed by atoms with Crippen LogP contribution in [-0.4, -0.2) is 27.9 Å². The van der Waals surface area contributed by atoms with Gasteiger partial charge >= 0.3 is 0 Å². The number of carbonyl (C=O) groups excluding carboxylic acids is 1. The first-order valence-corrected chi connectivity index (χ1v) is 6.90. The van der Waals surface area contributed by atoms with Crippen LogP contribution in [0.3, 0.4) is 0 Å². The molecule has 1 aromatic carbocycles. The number of nitrogens with zero attached hydrogens (tertiary/aromatic N) is 3. The molecule has 3 rings (SSSR count). The number of hydrogen-bond donors (Lipinski definition) is 0. The van der Waals surface area contributed by atoms with E-state index in [-0.39, 0.29) is 6.10 Å². The molecule has 0 amide bonds. The lowest BCUT2D eigenvalue weighted by atomic mass is 10.1. The van der Waals surface area contributed by atoms with Gasteiger partial charge in [0.05, 0.1) is 12.2 Å². The predicted molar refractivity (Wildman–Crippen MR) is 73.9 cm³/mol. The van der Waals surface area contributed by atoms with Gasteiger partial charge in [-0.15, -0.1) is 5.10 Å². The predicted octanol–water partition coefficient (Wildman–Crippen LogP) is 2.64. The summed E-state index contributed by atoms with van der Waals surface area (Å²) in [5.41, 5.74) is 2.13. The fourth-order valence-corrected chi connectivity index (χ4v) is 2.68. The van der Waals surface area contributed by atoms with Crippen molar-refractivity contribution in [3.05, 3.63) is 46.2 Å². The van der Waals surface area contributed by atoms with Crippen molar-refractivity contribution in [2.24, 2.45) is 0 Å². The summed E-state index contributed by atoms with van der Waals surface area (Å²) in [6.45, 7) is 1.24. The summed E-state index contributed by atoms with van der Waals surface area (Å²) in [5, 5.41) is 8.68. The first-order chi connectivity index (χ1) is 9.78. The summed E-state index contributed by atoms with van der Waals surface area (Å²) in [4.78, 5) is 11.1. The Balaban J connectivity index is 1.93. The van der Waals surface area contributed by atoms with E-state index in [1.165, 1.54) is 0 Å². The van der Waals surface area contributed by atoms with E-state index < -0.39 is 0 Å². The molecule has 1 fully saturated rings. The highest BCUT2D eigenvalue weighted by atomic mass is 35.5. The third kappa shape index (κ3) is 2.59. The number of aromatic nitrogens is 3. The molecular weight excluding hydrogens is 278 g/mol. The number of halogens is 1. The van der Waals surface area contributed by atoms with Crippen molar-refractivity contribution in [1.29, 1.82) is 0 Å². The molecule has 0 aliphatic carbocycles. The molecule has 1 atom stereocenters. The van der Waals surface area contributed by atoms with Gasteiger partial charge in [-0.25, -0.2) is 4.68 Å².